The Morgan fingerprint density at radius 1 is 1.59 bits per heavy atom. The number of carbonyl (C=O) groups excluding carboxylic acids is 1. The first-order valence-corrected chi connectivity index (χ1v) is 5.77. The smallest absolute Gasteiger partial charge is 0.289 e. The highest BCUT2D eigenvalue weighted by Gasteiger charge is 2.35. The van der Waals surface area contributed by atoms with E-state index in [0.717, 1.165) is 26.1 Å². The van der Waals surface area contributed by atoms with Crippen LogP contribution in [0.4, 0.5) is 0 Å². The van der Waals surface area contributed by atoms with Gasteiger partial charge in [-0.1, -0.05) is 0 Å². The fourth-order valence-corrected chi connectivity index (χ4v) is 2.66. The van der Waals surface area contributed by atoms with Crippen molar-refractivity contribution in [2.24, 2.45) is 5.92 Å². The summed E-state index contributed by atoms with van der Waals surface area (Å²) in [5.41, 5.74) is 0.395. The number of nitriles is 1. The average Bonchev–Trinajstić information content (AvgIpc) is 2.95. The van der Waals surface area contributed by atoms with Crippen LogP contribution in [-0.4, -0.2) is 36.5 Å². The van der Waals surface area contributed by atoms with Crippen LogP contribution in [0.3, 0.4) is 0 Å². The minimum Gasteiger partial charge on any atom is -0.458 e. The lowest BCUT2D eigenvalue weighted by Crippen LogP contribution is -2.44. The number of nitrogens with zero attached hydrogens (tertiary/aromatic N) is 2. The molecule has 2 atom stereocenters. The molecule has 0 radical (unpaired) electrons. The Labute approximate surface area is 99.0 Å². The van der Waals surface area contributed by atoms with Gasteiger partial charge in [-0.25, -0.2) is 0 Å². The Balaban J connectivity index is 1.76. The number of nitrogens with one attached hydrogen (secondary N) is 1. The van der Waals surface area contributed by atoms with Gasteiger partial charge < -0.3 is 14.6 Å². The van der Waals surface area contributed by atoms with Gasteiger partial charge in [0.15, 0.2) is 5.76 Å². The van der Waals surface area contributed by atoms with Crippen LogP contribution in [0.15, 0.2) is 16.7 Å². The zero-order valence-corrected chi connectivity index (χ0v) is 9.35. The maximum Gasteiger partial charge on any atom is 0.289 e. The van der Waals surface area contributed by atoms with Crippen LogP contribution in [0.25, 0.3) is 0 Å². The molecule has 2 saturated heterocycles. The monoisotopic (exact) mass is 231 g/mol. The maximum absolute atomic E-state index is 12.1. The van der Waals surface area contributed by atoms with Crippen molar-refractivity contribution >= 4 is 5.91 Å². The number of hydrogen-bond acceptors (Lipinski definition) is 4. The molecule has 3 rings (SSSR count). The second kappa shape index (κ2) is 3.90. The zero-order chi connectivity index (χ0) is 11.8. The van der Waals surface area contributed by atoms with Gasteiger partial charge in [0.25, 0.3) is 5.91 Å². The molecule has 0 spiro atoms. The standard InChI is InChI=1S/C12H13N3O2/c13-3-8-2-11(17-7-8)12(16)15-5-9-1-10(6-15)14-4-9/h2,7,9-10,14H,1,4-6H2/t9-,10-/m1/s1. The van der Waals surface area contributed by atoms with Crippen LogP contribution in [0.5, 0.6) is 0 Å². The maximum atomic E-state index is 12.1. The van der Waals surface area contributed by atoms with Crippen molar-refractivity contribution in [3.8, 4) is 6.07 Å². The van der Waals surface area contributed by atoms with Crippen molar-refractivity contribution in [1.82, 2.24) is 10.2 Å². The largest absolute Gasteiger partial charge is 0.458 e. The summed E-state index contributed by atoms with van der Waals surface area (Å²) in [6.07, 6.45) is 2.48. The molecule has 3 heterocycles. The Bertz CT molecular complexity index is 476. The molecule has 2 aliphatic heterocycles. The summed E-state index contributed by atoms with van der Waals surface area (Å²) in [6.45, 7) is 2.51. The molecule has 1 aromatic heterocycles. The first-order chi connectivity index (χ1) is 8.26. The van der Waals surface area contributed by atoms with Crippen LogP contribution >= 0.6 is 0 Å². The molecule has 5 nitrogen and oxygen atoms in total. The average molecular weight is 231 g/mol. The normalized spacial score (nSPS) is 26.9. The number of hydrogen-bond donors (Lipinski definition) is 1. The van der Waals surface area contributed by atoms with E-state index in [0.29, 0.717) is 17.5 Å². The highest BCUT2D eigenvalue weighted by Crippen LogP contribution is 2.23. The third-order valence-corrected chi connectivity index (χ3v) is 3.46. The number of carbonyl (C=O) groups is 1. The van der Waals surface area contributed by atoms with Crippen molar-refractivity contribution in [2.45, 2.75) is 12.5 Å². The zero-order valence-electron chi connectivity index (χ0n) is 9.35. The number of amides is 1. The van der Waals surface area contributed by atoms with Crippen molar-refractivity contribution in [3.05, 3.63) is 23.7 Å². The summed E-state index contributed by atoms with van der Waals surface area (Å²) < 4.78 is 5.13. The second-order valence-electron chi connectivity index (χ2n) is 4.73. The van der Waals surface area contributed by atoms with Gasteiger partial charge in [0, 0.05) is 31.7 Å². The Morgan fingerprint density at radius 2 is 2.47 bits per heavy atom. The minimum absolute atomic E-state index is 0.107. The second-order valence-corrected chi connectivity index (χ2v) is 4.73. The molecule has 1 N–H and O–H groups in total. The fourth-order valence-electron chi connectivity index (χ4n) is 2.66. The van der Waals surface area contributed by atoms with E-state index < -0.39 is 0 Å². The van der Waals surface area contributed by atoms with E-state index in [9.17, 15) is 4.79 Å². The SMILES string of the molecule is N#Cc1coc(C(=O)N2C[C@H]3CN[C@H](C3)C2)c1. The fraction of sp³-hybridized carbons (Fsp3) is 0.500. The predicted molar refractivity (Wildman–Crippen MR) is 59.2 cm³/mol. The summed E-state index contributed by atoms with van der Waals surface area (Å²) in [4.78, 5) is 14.0. The van der Waals surface area contributed by atoms with Crippen molar-refractivity contribution in [3.63, 3.8) is 0 Å². The molecule has 88 valence electrons. The van der Waals surface area contributed by atoms with Gasteiger partial charge in [0.2, 0.25) is 0 Å². The summed E-state index contributed by atoms with van der Waals surface area (Å²) in [7, 11) is 0. The Morgan fingerprint density at radius 3 is 3.18 bits per heavy atom. The molecule has 2 bridgehead atoms. The Hall–Kier alpha value is -1.80. The highest BCUT2D eigenvalue weighted by atomic mass is 16.3. The summed E-state index contributed by atoms with van der Waals surface area (Å²) in [5, 5.41) is 12.1. The van der Waals surface area contributed by atoms with Gasteiger partial charge in [-0.3, -0.25) is 4.79 Å². The van der Waals surface area contributed by atoms with Crippen molar-refractivity contribution < 1.29 is 9.21 Å². The van der Waals surface area contributed by atoms with E-state index >= 15 is 0 Å². The van der Waals surface area contributed by atoms with E-state index in [1.807, 2.05) is 11.0 Å². The molecule has 0 saturated carbocycles. The molecule has 2 fully saturated rings. The van der Waals surface area contributed by atoms with Crippen LogP contribution in [0.2, 0.25) is 0 Å². The van der Waals surface area contributed by atoms with Crippen molar-refractivity contribution in [2.75, 3.05) is 19.6 Å². The molecule has 17 heavy (non-hydrogen) atoms. The topological polar surface area (TPSA) is 69.3 Å². The van der Waals surface area contributed by atoms with Gasteiger partial charge in [-0.05, 0) is 12.3 Å². The van der Waals surface area contributed by atoms with E-state index in [-0.39, 0.29) is 11.7 Å². The molecule has 0 aliphatic carbocycles. The number of likely N-dealkylation sites (tertiary alicyclic amines) is 1. The minimum atomic E-state index is -0.107. The molecule has 0 aromatic carbocycles. The Kier molecular flexibility index (Phi) is 2.37. The molecule has 2 aliphatic rings. The first-order valence-electron chi connectivity index (χ1n) is 5.77. The van der Waals surface area contributed by atoms with Gasteiger partial charge >= 0.3 is 0 Å². The molecular weight excluding hydrogens is 218 g/mol. The lowest BCUT2D eigenvalue weighted by Gasteiger charge is -2.30. The number of piperidine rings is 1. The summed E-state index contributed by atoms with van der Waals surface area (Å²) >= 11 is 0. The van der Waals surface area contributed by atoms with Crippen LogP contribution < -0.4 is 5.32 Å². The van der Waals surface area contributed by atoms with E-state index in [1.54, 1.807) is 0 Å². The molecule has 1 aromatic rings. The molecule has 5 heteroatoms. The van der Waals surface area contributed by atoms with Gasteiger partial charge in [0.1, 0.15) is 12.3 Å². The molecular formula is C12H13N3O2. The van der Waals surface area contributed by atoms with Crippen LogP contribution in [0.1, 0.15) is 22.5 Å². The number of rotatable bonds is 1. The van der Waals surface area contributed by atoms with E-state index in [2.05, 4.69) is 5.32 Å². The quantitative estimate of drug-likeness (QED) is 0.767. The predicted octanol–water partition coefficient (Wildman–Crippen LogP) is 0.585. The van der Waals surface area contributed by atoms with Crippen LogP contribution in [0, 0.1) is 17.2 Å². The number of furan rings is 1. The van der Waals surface area contributed by atoms with E-state index in [4.69, 9.17) is 9.68 Å². The van der Waals surface area contributed by atoms with Crippen LogP contribution in [-0.2, 0) is 0 Å². The number of fused-ring (bicyclic) bond motifs is 2. The lowest BCUT2D eigenvalue weighted by atomic mass is 10.00. The molecule has 1 amide bonds. The lowest BCUT2D eigenvalue weighted by molar-refractivity contribution is 0.0659. The van der Waals surface area contributed by atoms with Crippen molar-refractivity contribution in [1.29, 1.82) is 5.26 Å². The first kappa shape index (κ1) is 10.4. The highest BCUT2D eigenvalue weighted by molar-refractivity contribution is 5.92. The third-order valence-electron chi connectivity index (χ3n) is 3.46. The summed E-state index contributed by atoms with van der Waals surface area (Å²) in [5.74, 6) is 0.718. The third kappa shape index (κ3) is 1.81. The summed E-state index contributed by atoms with van der Waals surface area (Å²) in [6, 6.07) is 3.88. The van der Waals surface area contributed by atoms with Gasteiger partial charge in [-0.15, -0.1) is 0 Å². The van der Waals surface area contributed by atoms with E-state index in [1.165, 1.54) is 12.3 Å². The van der Waals surface area contributed by atoms with Gasteiger partial charge in [0.05, 0.1) is 5.56 Å². The van der Waals surface area contributed by atoms with Gasteiger partial charge in [-0.2, -0.15) is 5.26 Å². The molecule has 0 unspecified atom stereocenters.